The summed E-state index contributed by atoms with van der Waals surface area (Å²) in [6.07, 6.45) is 5.65. The van der Waals surface area contributed by atoms with Crippen LogP contribution in [0.25, 0.3) is 22.2 Å². The van der Waals surface area contributed by atoms with Crippen molar-refractivity contribution in [3.05, 3.63) is 40.2 Å². The van der Waals surface area contributed by atoms with E-state index in [0.29, 0.717) is 16.9 Å². The number of imide groups is 1. The third-order valence-electron chi connectivity index (χ3n) is 4.15. The van der Waals surface area contributed by atoms with Gasteiger partial charge < -0.3 is 5.32 Å². The number of nitrogens with zero attached hydrogens (tertiary/aromatic N) is 3. The fraction of sp³-hybridized carbons (Fsp3) is 0.176. The number of rotatable bonds is 4. The average molecular weight is 383 g/mol. The molecule has 1 saturated heterocycles. The van der Waals surface area contributed by atoms with Gasteiger partial charge in [0.25, 0.3) is 11.1 Å². The molecular weight excluding hydrogens is 370 g/mol. The number of fused-ring (bicyclic) bond motifs is 1. The van der Waals surface area contributed by atoms with E-state index in [1.165, 1.54) is 0 Å². The number of carbonyl (C=O) groups is 2. The first kappa shape index (κ1) is 15.6. The highest BCUT2D eigenvalue weighted by atomic mass is 32.2. The summed E-state index contributed by atoms with van der Waals surface area (Å²) < 4.78 is 1.75. The fourth-order valence-electron chi connectivity index (χ4n) is 2.73. The van der Waals surface area contributed by atoms with Crippen molar-refractivity contribution in [3.63, 3.8) is 0 Å². The number of carbonyl (C=O) groups excluding carboxylic acids is 2. The molecule has 5 rings (SSSR count). The molecule has 7 nitrogen and oxygen atoms in total. The Morgan fingerprint density at radius 2 is 2.23 bits per heavy atom. The lowest BCUT2D eigenvalue weighted by molar-refractivity contribution is -0.115. The van der Waals surface area contributed by atoms with Crippen LogP contribution in [0.3, 0.4) is 0 Å². The van der Waals surface area contributed by atoms with Crippen LogP contribution in [0.2, 0.25) is 0 Å². The number of anilines is 1. The van der Waals surface area contributed by atoms with Gasteiger partial charge in [0.05, 0.1) is 27.2 Å². The van der Waals surface area contributed by atoms with Gasteiger partial charge in [-0.1, -0.05) is 6.07 Å². The van der Waals surface area contributed by atoms with Gasteiger partial charge in [-0.3, -0.25) is 14.9 Å². The zero-order chi connectivity index (χ0) is 17.7. The van der Waals surface area contributed by atoms with Crippen LogP contribution in [-0.2, 0) is 4.79 Å². The van der Waals surface area contributed by atoms with Crippen molar-refractivity contribution in [1.29, 1.82) is 0 Å². The predicted octanol–water partition coefficient (Wildman–Crippen LogP) is 3.36. The van der Waals surface area contributed by atoms with Crippen LogP contribution in [-0.4, -0.2) is 31.8 Å². The van der Waals surface area contributed by atoms with Gasteiger partial charge in [-0.2, -0.15) is 9.61 Å². The highest BCUT2D eigenvalue weighted by Crippen LogP contribution is 2.32. The van der Waals surface area contributed by atoms with Crippen molar-refractivity contribution in [2.24, 2.45) is 0 Å². The van der Waals surface area contributed by atoms with Crippen LogP contribution in [0.4, 0.5) is 10.7 Å². The second-order valence-electron chi connectivity index (χ2n) is 6.11. The highest BCUT2D eigenvalue weighted by molar-refractivity contribution is 8.18. The molecule has 0 bridgehead atoms. The van der Waals surface area contributed by atoms with Crippen LogP contribution < -0.4 is 10.6 Å². The number of aromatic nitrogens is 3. The molecule has 0 radical (unpaired) electrons. The minimum Gasteiger partial charge on any atom is -0.351 e. The maximum Gasteiger partial charge on any atom is 0.290 e. The molecule has 26 heavy (non-hydrogen) atoms. The summed E-state index contributed by atoms with van der Waals surface area (Å²) in [4.78, 5) is 29.4. The van der Waals surface area contributed by atoms with Crippen molar-refractivity contribution < 1.29 is 9.59 Å². The van der Waals surface area contributed by atoms with Gasteiger partial charge in [0.2, 0.25) is 5.95 Å². The normalized spacial score (nSPS) is 18.7. The maximum absolute atomic E-state index is 11.9. The number of thiophene rings is 1. The molecule has 9 heteroatoms. The molecule has 4 heterocycles. The van der Waals surface area contributed by atoms with Crippen LogP contribution >= 0.6 is 23.1 Å². The number of hydrogen-bond acceptors (Lipinski definition) is 7. The summed E-state index contributed by atoms with van der Waals surface area (Å²) in [6, 6.07) is 6.41. The summed E-state index contributed by atoms with van der Waals surface area (Å²) in [5, 5.41) is 11.8. The third-order valence-corrected chi connectivity index (χ3v) is 5.85. The van der Waals surface area contributed by atoms with Gasteiger partial charge in [0.1, 0.15) is 0 Å². The molecule has 2 aliphatic rings. The Morgan fingerprint density at radius 1 is 1.35 bits per heavy atom. The molecular formula is C17H13N5O2S2. The summed E-state index contributed by atoms with van der Waals surface area (Å²) >= 11 is 2.52. The highest BCUT2D eigenvalue weighted by Gasteiger charge is 2.26. The van der Waals surface area contributed by atoms with Crippen molar-refractivity contribution in [1.82, 2.24) is 19.9 Å². The molecule has 0 aromatic carbocycles. The van der Waals surface area contributed by atoms with Gasteiger partial charge in [-0.15, -0.1) is 11.3 Å². The van der Waals surface area contributed by atoms with E-state index in [4.69, 9.17) is 4.98 Å². The Kier molecular flexibility index (Phi) is 3.57. The summed E-state index contributed by atoms with van der Waals surface area (Å²) in [6.45, 7) is 0. The molecule has 0 atom stereocenters. The fourth-order valence-corrected chi connectivity index (χ4v) is 4.09. The van der Waals surface area contributed by atoms with E-state index >= 15 is 0 Å². The van der Waals surface area contributed by atoms with Crippen molar-refractivity contribution in [2.45, 2.75) is 18.9 Å². The number of nitrogens with one attached hydrogen (secondary N) is 2. The minimum atomic E-state index is -0.372. The Balaban J connectivity index is 1.65. The van der Waals surface area contributed by atoms with E-state index in [1.54, 1.807) is 28.1 Å². The molecule has 3 aromatic rings. The average Bonchev–Trinajstić information content (AvgIpc) is 3.01. The second-order valence-corrected chi connectivity index (χ2v) is 8.07. The monoisotopic (exact) mass is 383 g/mol. The summed E-state index contributed by atoms with van der Waals surface area (Å²) in [7, 11) is 0. The minimum absolute atomic E-state index is 0.352. The molecule has 2 N–H and O–H groups in total. The molecule has 1 aliphatic heterocycles. The second kappa shape index (κ2) is 5.96. The van der Waals surface area contributed by atoms with E-state index in [0.717, 1.165) is 46.3 Å². The molecule has 130 valence electrons. The Labute approximate surface area is 156 Å². The van der Waals surface area contributed by atoms with Crippen LogP contribution in [0.5, 0.6) is 0 Å². The predicted molar refractivity (Wildman–Crippen MR) is 102 cm³/mol. The molecule has 0 unspecified atom stereocenters. The molecule has 2 fully saturated rings. The molecule has 1 saturated carbocycles. The molecule has 3 aromatic heterocycles. The van der Waals surface area contributed by atoms with E-state index in [-0.39, 0.29) is 11.1 Å². The zero-order valence-corrected chi connectivity index (χ0v) is 15.1. The van der Waals surface area contributed by atoms with Crippen molar-refractivity contribution >= 4 is 51.8 Å². The van der Waals surface area contributed by atoms with E-state index in [1.807, 2.05) is 23.6 Å². The lowest BCUT2D eigenvalue weighted by atomic mass is 10.2. The molecule has 1 aliphatic carbocycles. The Bertz CT molecular complexity index is 1070. The molecule has 2 amide bonds. The largest absolute Gasteiger partial charge is 0.351 e. The maximum atomic E-state index is 11.9. The van der Waals surface area contributed by atoms with Crippen molar-refractivity contribution in [3.8, 4) is 10.6 Å². The van der Waals surface area contributed by atoms with Crippen LogP contribution in [0.1, 0.15) is 18.4 Å². The van der Waals surface area contributed by atoms with Gasteiger partial charge in [0.15, 0.2) is 0 Å². The van der Waals surface area contributed by atoms with Crippen molar-refractivity contribution in [2.75, 3.05) is 5.32 Å². The van der Waals surface area contributed by atoms with Crippen LogP contribution in [0, 0.1) is 0 Å². The van der Waals surface area contributed by atoms with Gasteiger partial charge in [-0.25, -0.2) is 4.98 Å². The van der Waals surface area contributed by atoms with Crippen LogP contribution in [0.15, 0.2) is 34.7 Å². The first-order valence-electron chi connectivity index (χ1n) is 8.11. The summed E-state index contributed by atoms with van der Waals surface area (Å²) in [5.74, 6) is 0.320. The topological polar surface area (TPSA) is 88.4 Å². The third kappa shape index (κ3) is 2.78. The lowest BCUT2D eigenvalue weighted by Gasteiger charge is -2.09. The first-order chi connectivity index (χ1) is 12.7. The SMILES string of the molecule is O=C1NC(=O)/C(=C/c2cnn3c(NC4CC4)nc(-c4cccs4)cc23)S1. The van der Waals surface area contributed by atoms with Gasteiger partial charge >= 0.3 is 0 Å². The lowest BCUT2D eigenvalue weighted by Crippen LogP contribution is -2.17. The molecule has 0 spiro atoms. The van der Waals surface area contributed by atoms with Gasteiger partial charge in [-0.05, 0) is 48.2 Å². The number of thioether (sulfide) groups is 1. The van der Waals surface area contributed by atoms with Gasteiger partial charge in [0, 0.05) is 11.6 Å². The van der Waals surface area contributed by atoms with E-state index in [9.17, 15) is 9.59 Å². The first-order valence-corrected chi connectivity index (χ1v) is 9.81. The quantitative estimate of drug-likeness (QED) is 0.672. The smallest absolute Gasteiger partial charge is 0.290 e. The Morgan fingerprint density at radius 3 is 2.92 bits per heavy atom. The summed E-state index contributed by atoms with van der Waals surface area (Å²) in [5.41, 5.74) is 2.47. The number of hydrogen-bond donors (Lipinski definition) is 2. The van der Waals surface area contributed by atoms with E-state index < -0.39 is 0 Å². The number of amides is 2. The standard InChI is InChI=1S/C17H13N5O2S2/c23-15-14(26-17(24)21-15)6-9-8-18-22-12(9)7-11(13-2-1-5-25-13)20-16(22)19-10-3-4-10/h1-2,5-8,10H,3-4H2,(H,19,20)(H,21,23,24)/b14-6-. The Hall–Kier alpha value is -2.65. The van der Waals surface area contributed by atoms with E-state index in [2.05, 4.69) is 15.7 Å². The zero-order valence-electron chi connectivity index (χ0n) is 13.4.